The van der Waals surface area contributed by atoms with Crippen LogP contribution in [0, 0.1) is 19.8 Å². The molecule has 1 aliphatic rings. The van der Waals surface area contributed by atoms with E-state index >= 15 is 0 Å². The van der Waals surface area contributed by atoms with Gasteiger partial charge in [-0.2, -0.15) is 0 Å². The second-order valence-electron chi connectivity index (χ2n) is 5.85. The van der Waals surface area contributed by atoms with Crippen molar-refractivity contribution >= 4 is 5.69 Å². The third kappa shape index (κ3) is 3.48. The zero-order valence-corrected chi connectivity index (χ0v) is 12.3. The number of hydrogen-bond donors (Lipinski definition) is 2. The van der Waals surface area contributed by atoms with Crippen molar-refractivity contribution < 1.29 is 5.11 Å². The van der Waals surface area contributed by atoms with Crippen LogP contribution in [0.5, 0.6) is 0 Å². The molecular formula is C16H26N2O. The summed E-state index contributed by atoms with van der Waals surface area (Å²) in [6.07, 6.45) is 0.827. The van der Waals surface area contributed by atoms with Gasteiger partial charge in [0.2, 0.25) is 0 Å². The van der Waals surface area contributed by atoms with Crippen LogP contribution >= 0.6 is 0 Å². The maximum absolute atomic E-state index is 9.17. The van der Waals surface area contributed by atoms with Crippen molar-refractivity contribution in [2.24, 2.45) is 5.92 Å². The van der Waals surface area contributed by atoms with Gasteiger partial charge in [-0.15, -0.1) is 0 Å². The Morgan fingerprint density at radius 3 is 2.84 bits per heavy atom. The van der Waals surface area contributed by atoms with Crippen LogP contribution in [0.15, 0.2) is 18.2 Å². The van der Waals surface area contributed by atoms with Gasteiger partial charge in [0.25, 0.3) is 0 Å². The molecular weight excluding hydrogens is 236 g/mol. The number of benzene rings is 1. The molecule has 0 bridgehead atoms. The number of anilines is 1. The van der Waals surface area contributed by atoms with Crippen LogP contribution in [-0.4, -0.2) is 37.4 Å². The number of aryl methyl sites for hydroxylation is 1. The fourth-order valence-corrected chi connectivity index (χ4v) is 2.84. The Balaban J connectivity index is 2.22. The van der Waals surface area contributed by atoms with E-state index in [1.54, 1.807) is 0 Å². The molecule has 0 aliphatic carbocycles. The second-order valence-corrected chi connectivity index (χ2v) is 5.85. The van der Waals surface area contributed by atoms with E-state index in [1.807, 2.05) is 0 Å². The first kappa shape index (κ1) is 14.4. The molecule has 1 aromatic carbocycles. The summed E-state index contributed by atoms with van der Waals surface area (Å²) in [6.45, 7) is 10.0. The standard InChI is InChI=1S/C16H26N2O/c1-12-9-17-15(7-8-19)11-18(10-12)16-6-4-5-13(2)14(16)3/h4-6,12,15,17,19H,7-11H2,1-3H3. The van der Waals surface area contributed by atoms with Crippen molar-refractivity contribution in [1.82, 2.24) is 5.32 Å². The zero-order valence-electron chi connectivity index (χ0n) is 12.3. The number of nitrogens with one attached hydrogen (secondary N) is 1. The molecule has 0 saturated carbocycles. The Hall–Kier alpha value is -1.06. The normalized spacial score (nSPS) is 24.3. The number of nitrogens with zero attached hydrogens (tertiary/aromatic N) is 1. The molecule has 2 rings (SSSR count). The molecule has 2 unspecified atom stereocenters. The van der Waals surface area contributed by atoms with Crippen molar-refractivity contribution in [2.75, 3.05) is 31.1 Å². The highest BCUT2D eigenvalue weighted by Gasteiger charge is 2.22. The highest BCUT2D eigenvalue weighted by Crippen LogP contribution is 2.25. The van der Waals surface area contributed by atoms with Crippen molar-refractivity contribution in [3.63, 3.8) is 0 Å². The Morgan fingerprint density at radius 2 is 2.11 bits per heavy atom. The van der Waals surface area contributed by atoms with Gasteiger partial charge in [-0.1, -0.05) is 19.1 Å². The lowest BCUT2D eigenvalue weighted by Crippen LogP contribution is -2.38. The quantitative estimate of drug-likeness (QED) is 0.875. The summed E-state index contributed by atoms with van der Waals surface area (Å²) in [5.41, 5.74) is 4.07. The van der Waals surface area contributed by atoms with Crippen LogP contribution in [0.4, 0.5) is 5.69 Å². The van der Waals surface area contributed by atoms with Crippen molar-refractivity contribution in [1.29, 1.82) is 0 Å². The maximum Gasteiger partial charge on any atom is 0.0446 e. The Morgan fingerprint density at radius 1 is 1.32 bits per heavy atom. The summed E-state index contributed by atoms with van der Waals surface area (Å²) in [5, 5.41) is 12.7. The van der Waals surface area contributed by atoms with Crippen LogP contribution < -0.4 is 10.2 Å². The van der Waals surface area contributed by atoms with Crippen molar-refractivity contribution in [3.8, 4) is 0 Å². The fourth-order valence-electron chi connectivity index (χ4n) is 2.84. The maximum atomic E-state index is 9.17. The molecule has 1 fully saturated rings. The summed E-state index contributed by atoms with van der Waals surface area (Å²) in [6, 6.07) is 6.91. The van der Waals surface area contributed by atoms with Crippen molar-refractivity contribution in [3.05, 3.63) is 29.3 Å². The molecule has 19 heavy (non-hydrogen) atoms. The molecule has 0 amide bonds. The zero-order chi connectivity index (χ0) is 13.8. The molecule has 1 heterocycles. The lowest BCUT2D eigenvalue weighted by molar-refractivity contribution is 0.266. The minimum absolute atomic E-state index is 0.257. The first-order chi connectivity index (χ1) is 9.11. The minimum Gasteiger partial charge on any atom is -0.396 e. The molecule has 0 spiro atoms. The first-order valence-corrected chi connectivity index (χ1v) is 7.27. The summed E-state index contributed by atoms with van der Waals surface area (Å²) >= 11 is 0. The van der Waals surface area contributed by atoms with Gasteiger partial charge in [-0.25, -0.2) is 0 Å². The molecule has 0 aromatic heterocycles. The van der Waals surface area contributed by atoms with Gasteiger partial charge < -0.3 is 15.3 Å². The molecule has 3 nitrogen and oxygen atoms in total. The number of rotatable bonds is 3. The van der Waals surface area contributed by atoms with Crippen LogP contribution in [0.25, 0.3) is 0 Å². The van der Waals surface area contributed by atoms with Gasteiger partial charge >= 0.3 is 0 Å². The van der Waals surface area contributed by atoms with Crippen LogP contribution in [0.3, 0.4) is 0 Å². The van der Waals surface area contributed by atoms with Gasteiger partial charge in [0.05, 0.1) is 0 Å². The van der Waals surface area contributed by atoms with E-state index in [-0.39, 0.29) is 6.61 Å². The van der Waals surface area contributed by atoms with E-state index < -0.39 is 0 Å². The molecule has 1 aliphatic heterocycles. The summed E-state index contributed by atoms with van der Waals surface area (Å²) in [4.78, 5) is 2.48. The Kier molecular flexibility index (Phi) is 4.83. The largest absolute Gasteiger partial charge is 0.396 e. The summed E-state index contributed by atoms with van der Waals surface area (Å²) in [7, 11) is 0. The third-order valence-corrected chi connectivity index (χ3v) is 4.12. The lowest BCUT2D eigenvalue weighted by Gasteiger charge is -2.29. The van der Waals surface area contributed by atoms with E-state index in [9.17, 15) is 5.11 Å². The van der Waals surface area contributed by atoms with Gasteiger partial charge in [0.15, 0.2) is 0 Å². The fraction of sp³-hybridized carbons (Fsp3) is 0.625. The Labute approximate surface area is 116 Å². The first-order valence-electron chi connectivity index (χ1n) is 7.27. The molecule has 1 aromatic rings. The van der Waals surface area contributed by atoms with Crippen molar-refractivity contribution in [2.45, 2.75) is 33.2 Å². The van der Waals surface area contributed by atoms with Gasteiger partial charge in [-0.05, 0) is 49.9 Å². The van der Waals surface area contributed by atoms with Gasteiger partial charge in [0, 0.05) is 31.4 Å². The molecule has 2 atom stereocenters. The van der Waals surface area contributed by atoms with E-state index in [0.29, 0.717) is 12.0 Å². The molecule has 2 N–H and O–H groups in total. The van der Waals surface area contributed by atoms with Crippen LogP contribution in [0.2, 0.25) is 0 Å². The predicted octanol–water partition coefficient (Wildman–Crippen LogP) is 2.10. The predicted molar refractivity (Wildman–Crippen MR) is 80.8 cm³/mol. The average molecular weight is 262 g/mol. The van der Waals surface area contributed by atoms with E-state index in [1.165, 1.54) is 16.8 Å². The van der Waals surface area contributed by atoms with Crippen LogP contribution in [-0.2, 0) is 0 Å². The average Bonchev–Trinajstić information content (AvgIpc) is 2.56. The van der Waals surface area contributed by atoms with Crippen LogP contribution in [0.1, 0.15) is 24.5 Å². The summed E-state index contributed by atoms with van der Waals surface area (Å²) in [5.74, 6) is 0.628. The molecule has 0 radical (unpaired) electrons. The molecule has 3 heteroatoms. The highest BCUT2D eigenvalue weighted by molar-refractivity contribution is 5.56. The monoisotopic (exact) mass is 262 g/mol. The number of aliphatic hydroxyl groups excluding tert-OH is 1. The number of aliphatic hydroxyl groups is 1. The smallest absolute Gasteiger partial charge is 0.0446 e. The highest BCUT2D eigenvalue weighted by atomic mass is 16.3. The summed E-state index contributed by atoms with van der Waals surface area (Å²) < 4.78 is 0. The molecule has 1 saturated heterocycles. The Bertz CT molecular complexity index is 419. The number of hydrogen-bond acceptors (Lipinski definition) is 3. The minimum atomic E-state index is 0.257. The topological polar surface area (TPSA) is 35.5 Å². The second kappa shape index (κ2) is 6.40. The van der Waals surface area contributed by atoms with Gasteiger partial charge in [-0.3, -0.25) is 0 Å². The van der Waals surface area contributed by atoms with E-state index in [4.69, 9.17) is 0 Å². The van der Waals surface area contributed by atoms with E-state index in [2.05, 4.69) is 49.2 Å². The van der Waals surface area contributed by atoms with E-state index in [0.717, 1.165) is 26.1 Å². The van der Waals surface area contributed by atoms with Gasteiger partial charge in [0.1, 0.15) is 0 Å². The third-order valence-electron chi connectivity index (χ3n) is 4.12. The molecule has 106 valence electrons. The SMILES string of the molecule is Cc1cccc(N2CC(C)CNC(CCO)C2)c1C. The lowest BCUT2D eigenvalue weighted by atomic mass is 10.1.